The Morgan fingerprint density at radius 1 is 1.19 bits per heavy atom. The zero-order valence-corrected chi connectivity index (χ0v) is 16.8. The quantitative estimate of drug-likeness (QED) is 0.747. The standard InChI is InChI=1S/C21H30N4O2/c1-16-22-11-9-21(23-16)25-12-5-6-18(15-25)24(2)13-10-17-7-8-19(26-3)20(14-17)27-4/h7-9,11,14,18H,5-6,10,12-13,15H2,1-4H3/t18-/m0/s1. The van der Waals surface area contributed by atoms with Crippen molar-refractivity contribution in [3.8, 4) is 11.5 Å². The summed E-state index contributed by atoms with van der Waals surface area (Å²) in [7, 11) is 5.57. The van der Waals surface area contributed by atoms with E-state index in [1.807, 2.05) is 25.3 Å². The van der Waals surface area contributed by atoms with Gasteiger partial charge in [-0.1, -0.05) is 6.07 Å². The highest BCUT2D eigenvalue weighted by molar-refractivity contribution is 5.43. The van der Waals surface area contributed by atoms with Crippen molar-refractivity contribution in [1.29, 1.82) is 0 Å². The molecule has 146 valence electrons. The van der Waals surface area contributed by atoms with E-state index in [9.17, 15) is 0 Å². The third-order valence-corrected chi connectivity index (χ3v) is 5.31. The number of likely N-dealkylation sites (N-methyl/N-ethyl adjacent to an activating group) is 1. The van der Waals surface area contributed by atoms with Gasteiger partial charge in [-0.3, -0.25) is 0 Å². The van der Waals surface area contributed by atoms with E-state index in [2.05, 4.69) is 38.9 Å². The van der Waals surface area contributed by atoms with E-state index in [1.165, 1.54) is 18.4 Å². The highest BCUT2D eigenvalue weighted by Crippen LogP contribution is 2.28. The van der Waals surface area contributed by atoms with Crippen molar-refractivity contribution in [3.05, 3.63) is 41.9 Å². The molecular formula is C21H30N4O2. The average Bonchev–Trinajstić information content (AvgIpc) is 2.71. The number of benzene rings is 1. The Hall–Kier alpha value is -2.34. The molecule has 0 spiro atoms. The molecule has 0 N–H and O–H groups in total. The molecule has 0 amide bonds. The highest BCUT2D eigenvalue weighted by atomic mass is 16.5. The number of anilines is 1. The molecule has 3 rings (SSSR count). The number of aryl methyl sites for hydroxylation is 1. The SMILES string of the molecule is COc1ccc(CCN(C)[C@H]2CCCN(c3ccnc(C)n3)C2)cc1OC. The third-order valence-electron chi connectivity index (χ3n) is 5.31. The van der Waals surface area contributed by atoms with Crippen LogP contribution in [0.15, 0.2) is 30.5 Å². The molecule has 1 aliphatic heterocycles. The molecule has 2 heterocycles. The van der Waals surface area contributed by atoms with E-state index in [4.69, 9.17) is 9.47 Å². The van der Waals surface area contributed by atoms with Crippen LogP contribution in [0.2, 0.25) is 0 Å². The number of methoxy groups -OCH3 is 2. The Bertz CT molecular complexity index is 753. The van der Waals surface area contributed by atoms with Gasteiger partial charge in [-0.25, -0.2) is 9.97 Å². The molecule has 1 aromatic carbocycles. The van der Waals surface area contributed by atoms with Gasteiger partial charge in [0.15, 0.2) is 11.5 Å². The zero-order valence-electron chi connectivity index (χ0n) is 16.8. The second-order valence-electron chi connectivity index (χ2n) is 7.12. The summed E-state index contributed by atoms with van der Waals surface area (Å²) in [5.41, 5.74) is 1.26. The van der Waals surface area contributed by atoms with Gasteiger partial charge in [0.25, 0.3) is 0 Å². The van der Waals surface area contributed by atoms with E-state index >= 15 is 0 Å². The summed E-state index contributed by atoms with van der Waals surface area (Å²) >= 11 is 0. The Morgan fingerprint density at radius 2 is 2.00 bits per heavy atom. The molecule has 0 radical (unpaired) electrons. The Balaban J connectivity index is 1.58. The number of rotatable bonds is 7. The number of aromatic nitrogens is 2. The summed E-state index contributed by atoms with van der Waals surface area (Å²) in [4.78, 5) is 13.7. The van der Waals surface area contributed by atoms with Crippen LogP contribution >= 0.6 is 0 Å². The van der Waals surface area contributed by atoms with Crippen LogP contribution in [0.3, 0.4) is 0 Å². The van der Waals surface area contributed by atoms with Crippen molar-refractivity contribution in [2.24, 2.45) is 0 Å². The topological polar surface area (TPSA) is 50.7 Å². The number of piperidine rings is 1. The molecule has 0 saturated carbocycles. The minimum absolute atomic E-state index is 0.536. The molecule has 1 saturated heterocycles. The van der Waals surface area contributed by atoms with Gasteiger partial charge in [-0.05, 0) is 57.0 Å². The predicted molar refractivity (Wildman–Crippen MR) is 108 cm³/mol. The van der Waals surface area contributed by atoms with Crippen LogP contribution in [-0.2, 0) is 6.42 Å². The van der Waals surface area contributed by atoms with Crippen LogP contribution in [-0.4, -0.2) is 61.8 Å². The van der Waals surface area contributed by atoms with Gasteiger partial charge in [-0.15, -0.1) is 0 Å². The van der Waals surface area contributed by atoms with E-state index in [0.29, 0.717) is 6.04 Å². The second kappa shape index (κ2) is 9.04. The van der Waals surface area contributed by atoms with Crippen LogP contribution in [0.5, 0.6) is 11.5 Å². The molecule has 6 heteroatoms. The largest absolute Gasteiger partial charge is 0.493 e. The lowest BCUT2D eigenvalue weighted by Gasteiger charge is -2.38. The van der Waals surface area contributed by atoms with E-state index in [-0.39, 0.29) is 0 Å². The molecule has 27 heavy (non-hydrogen) atoms. The van der Waals surface area contributed by atoms with Gasteiger partial charge in [0, 0.05) is 31.9 Å². The summed E-state index contributed by atoms with van der Waals surface area (Å²) in [5, 5.41) is 0. The first-order valence-corrected chi connectivity index (χ1v) is 9.56. The Kier molecular flexibility index (Phi) is 6.50. The molecule has 2 aromatic rings. The van der Waals surface area contributed by atoms with Crippen LogP contribution in [0, 0.1) is 6.92 Å². The fourth-order valence-corrected chi connectivity index (χ4v) is 3.67. The molecule has 0 aliphatic carbocycles. The zero-order chi connectivity index (χ0) is 19.2. The van der Waals surface area contributed by atoms with Crippen molar-refractivity contribution in [2.45, 2.75) is 32.2 Å². The van der Waals surface area contributed by atoms with E-state index < -0.39 is 0 Å². The summed E-state index contributed by atoms with van der Waals surface area (Å²) in [5.74, 6) is 3.44. The van der Waals surface area contributed by atoms with E-state index in [1.54, 1.807) is 14.2 Å². The minimum atomic E-state index is 0.536. The van der Waals surface area contributed by atoms with Crippen molar-refractivity contribution >= 4 is 5.82 Å². The lowest BCUT2D eigenvalue weighted by Crippen LogP contribution is -2.47. The summed E-state index contributed by atoms with van der Waals surface area (Å²) in [6.45, 7) is 5.03. The lowest BCUT2D eigenvalue weighted by atomic mass is 10.0. The average molecular weight is 370 g/mol. The predicted octanol–water partition coefficient (Wildman–Crippen LogP) is 2.95. The second-order valence-corrected chi connectivity index (χ2v) is 7.12. The molecule has 1 aliphatic rings. The van der Waals surface area contributed by atoms with Gasteiger partial charge in [0.05, 0.1) is 14.2 Å². The molecule has 0 bridgehead atoms. The summed E-state index contributed by atoms with van der Waals surface area (Å²) in [6, 6.07) is 8.72. The maximum Gasteiger partial charge on any atom is 0.160 e. The molecule has 6 nitrogen and oxygen atoms in total. The molecule has 1 atom stereocenters. The lowest BCUT2D eigenvalue weighted by molar-refractivity contribution is 0.217. The van der Waals surface area contributed by atoms with Crippen LogP contribution in [0.1, 0.15) is 24.2 Å². The first-order chi connectivity index (χ1) is 13.1. The molecule has 1 aromatic heterocycles. The number of ether oxygens (including phenoxy) is 2. The van der Waals surface area contributed by atoms with E-state index in [0.717, 1.165) is 49.2 Å². The highest BCUT2D eigenvalue weighted by Gasteiger charge is 2.24. The van der Waals surface area contributed by atoms with Gasteiger partial charge in [-0.2, -0.15) is 0 Å². The molecule has 1 fully saturated rings. The van der Waals surface area contributed by atoms with Crippen molar-refractivity contribution in [1.82, 2.24) is 14.9 Å². The van der Waals surface area contributed by atoms with Crippen molar-refractivity contribution in [2.75, 3.05) is 45.8 Å². The monoisotopic (exact) mass is 370 g/mol. The van der Waals surface area contributed by atoms with Gasteiger partial charge in [0.1, 0.15) is 11.6 Å². The van der Waals surface area contributed by atoms with Crippen LogP contribution in [0.25, 0.3) is 0 Å². The Morgan fingerprint density at radius 3 is 2.74 bits per heavy atom. The maximum atomic E-state index is 5.42. The minimum Gasteiger partial charge on any atom is -0.493 e. The van der Waals surface area contributed by atoms with Crippen LogP contribution in [0.4, 0.5) is 5.82 Å². The first-order valence-electron chi connectivity index (χ1n) is 9.56. The summed E-state index contributed by atoms with van der Waals surface area (Å²) < 4.78 is 10.7. The number of nitrogens with zero attached hydrogens (tertiary/aromatic N) is 4. The van der Waals surface area contributed by atoms with Crippen molar-refractivity contribution < 1.29 is 9.47 Å². The maximum absolute atomic E-state index is 5.42. The normalized spacial score (nSPS) is 17.2. The van der Waals surface area contributed by atoms with Crippen LogP contribution < -0.4 is 14.4 Å². The molecule has 0 unspecified atom stereocenters. The third kappa shape index (κ3) is 4.89. The summed E-state index contributed by atoms with van der Waals surface area (Å²) in [6.07, 6.45) is 5.25. The first kappa shape index (κ1) is 19.4. The fourth-order valence-electron chi connectivity index (χ4n) is 3.67. The number of hydrogen-bond donors (Lipinski definition) is 0. The number of hydrogen-bond acceptors (Lipinski definition) is 6. The smallest absolute Gasteiger partial charge is 0.160 e. The van der Waals surface area contributed by atoms with Gasteiger partial charge < -0.3 is 19.3 Å². The van der Waals surface area contributed by atoms with Gasteiger partial charge in [0.2, 0.25) is 0 Å². The molecular weight excluding hydrogens is 340 g/mol. The Labute approximate surface area is 162 Å². The van der Waals surface area contributed by atoms with Crippen molar-refractivity contribution in [3.63, 3.8) is 0 Å². The fraction of sp³-hybridized carbons (Fsp3) is 0.524. The van der Waals surface area contributed by atoms with Gasteiger partial charge >= 0.3 is 0 Å².